The summed E-state index contributed by atoms with van der Waals surface area (Å²) in [4.78, 5) is 11.6. The lowest BCUT2D eigenvalue weighted by molar-refractivity contribution is -0.146. The van der Waals surface area contributed by atoms with Crippen molar-refractivity contribution in [3.05, 3.63) is 22.2 Å². The molecule has 1 aromatic rings. The third-order valence-corrected chi connectivity index (χ3v) is 2.88. The summed E-state index contributed by atoms with van der Waals surface area (Å²) < 4.78 is 16.3. The Balaban J connectivity index is 2.94. The van der Waals surface area contributed by atoms with Gasteiger partial charge in [0.1, 0.15) is 11.5 Å². The van der Waals surface area contributed by atoms with E-state index < -0.39 is 0 Å². The van der Waals surface area contributed by atoms with Gasteiger partial charge in [-0.15, -0.1) is 0 Å². The van der Waals surface area contributed by atoms with Gasteiger partial charge in [0.25, 0.3) is 0 Å². The Morgan fingerprint density at radius 2 is 1.83 bits per heavy atom. The molecule has 0 amide bonds. The highest BCUT2D eigenvalue weighted by Gasteiger charge is 2.14. The zero-order valence-corrected chi connectivity index (χ0v) is 12.5. The number of hydrogen-bond acceptors (Lipinski definition) is 4. The molecule has 0 N–H and O–H groups in total. The smallest absolute Gasteiger partial charge is 0.310 e. The summed E-state index contributed by atoms with van der Waals surface area (Å²) in [6.07, 6.45) is 0.0504. The molecule has 5 heteroatoms. The van der Waals surface area contributed by atoms with Crippen LogP contribution in [-0.4, -0.2) is 26.3 Å². The largest absolute Gasteiger partial charge is 0.496 e. The van der Waals surface area contributed by atoms with E-state index >= 15 is 0 Å². The standard InChI is InChI=1S/C13H17BrO4/c1-8(2)18-13(15)6-9-5-10(14)12(17-4)7-11(9)16-3/h5,7-8H,6H2,1-4H3. The van der Waals surface area contributed by atoms with E-state index in [0.29, 0.717) is 11.5 Å². The van der Waals surface area contributed by atoms with E-state index in [-0.39, 0.29) is 18.5 Å². The normalized spacial score (nSPS) is 10.3. The molecule has 0 radical (unpaired) electrons. The monoisotopic (exact) mass is 316 g/mol. The number of hydrogen-bond donors (Lipinski definition) is 0. The second-order valence-electron chi connectivity index (χ2n) is 4.01. The second kappa shape index (κ2) is 6.64. The van der Waals surface area contributed by atoms with Crippen molar-refractivity contribution in [2.24, 2.45) is 0 Å². The van der Waals surface area contributed by atoms with Gasteiger partial charge in [0.2, 0.25) is 0 Å². The van der Waals surface area contributed by atoms with E-state index in [0.717, 1.165) is 10.0 Å². The summed E-state index contributed by atoms with van der Waals surface area (Å²) in [5.41, 5.74) is 0.760. The minimum atomic E-state index is -0.277. The Morgan fingerprint density at radius 1 is 1.22 bits per heavy atom. The van der Waals surface area contributed by atoms with Crippen molar-refractivity contribution in [2.75, 3.05) is 14.2 Å². The summed E-state index contributed by atoms with van der Waals surface area (Å²) in [5.74, 6) is 0.990. The Hall–Kier alpha value is -1.23. The van der Waals surface area contributed by atoms with Gasteiger partial charge >= 0.3 is 5.97 Å². The van der Waals surface area contributed by atoms with Gasteiger partial charge < -0.3 is 14.2 Å². The minimum Gasteiger partial charge on any atom is -0.496 e. The predicted octanol–water partition coefficient (Wildman–Crippen LogP) is 2.96. The molecule has 0 aliphatic carbocycles. The molecule has 4 nitrogen and oxygen atoms in total. The maximum Gasteiger partial charge on any atom is 0.310 e. The zero-order valence-electron chi connectivity index (χ0n) is 11.0. The second-order valence-corrected chi connectivity index (χ2v) is 4.87. The van der Waals surface area contributed by atoms with Gasteiger partial charge in [0.05, 0.1) is 31.2 Å². The Kier molecular flexibility index (Phi) is 5.47. The third kappa shape index (κ3) is 3.91. The lowest BCUT2D eigenvalue weighted by Gasteiger charge is -2.13. The van der Waals surface area contributed by atoms with E-state index in [4.69, 9.17) is 14.2 Å². The van der Waals surface area contributed by atoms with Crippen LogP contribution in [0.5, 0.6) is 11.5 Å². The average molecular weight is 317 g/mol. The number of rotatable bonds is 5. The summed E-state index contributed by atoms with van der Waals surface area (Å²) in [7, 11) is 3.13. The molecule has 0 unspecified atom stereocenters. The van der Waals surface area contributed by atoms with Gasteiger partial charge in [-0.3, -0.25) is 4.79 Å². The summed E-state index contributed by atoms with van der Waals surface area (Å²) in [5, 5.41) is 0. The number of benzene rings is 1. The molecule has 0 aromatic heterocycles. The number of carbonyl (C=O) groups is 1. The van der Waals surface area contributed by atoms with E-state index in [2.05, 4.69) is 15.9 Å². The molecule has 0 bridgehead atoms. The van der Waals surface area contributed by atoms with Crippen LogP contribution in [0.2, 0.25) is 0 Å². The SMILES string of the molecule is COc1cc(OC)c(CC(=O)OC(C)C)cc1Br. The number of halogens is 1. The van der Waals surface area contributed by atoms with E-state index in [1.54, 1.807) is 26.4 Å². The van der Waals surface area contributed by atoms with Crippen LogP contribution in [0, 0.1) is 0 Å². The van der Waals surface area contributed by atoms with Gasteiger partial charge in [0, 0.05) is 11.6 Å². The van der Waals surface area contributed by atoms with Crippen LogP contribution in [0.15, 0.2) is 16.6 Å². The highest BCUT2D eigenvalue weighted by molar-refractivity contribution is 9.10. The van der Waals surface area contributed by atoms with Gasteiger partial charge in [0.15, 0.2) is 0 Å². The van der Waals surface area contributed by atoms with Crippen LogP contribution in [0.3, 0.4) is 0 Å². The molecule has 100 valence electrons. The minimum absolute atomic E-state index is 0.120. The van der Waals surface area contributed by atoms with E-state index in [9.17, 15) is 4.79 Å². The molecule has 0 heterocycles. The third-order valence-electron chi connectivity index (χ3n) is 2.26. The van der Waals surface area contributed by atoms with Gasteiger partial charge in [-0.2, -0.15) is 0 Å². The fraction of sp³-hybridized carbons (Fsp3) is 0.462. The first kappa shape index (κ1) is 14.8. The fourth-order valence-electron chi connectivity index (χ4n) is 1.52. The molecule has 0 aliphatic rings. The molecule has 0 saturated carbocycles. The number of ether oxygens (including phenoxy) is 3. The number of esters is 1. The molecule has 1 aromatic carbocycles. The Morgan fingerprint density at radius 3 is 2.33 bits per heavy atom. The van der Waals surface area contributed by atoms with E-state index in [1.807, 2.05) is 13.8 Å². The summed E-state index contributed by atoms with van der Waals surface area (Å²) >= 11 is 3.38. The fourth-order valence-corrected chi connectivity index (χ4v) is 2.07. The first-order valence-corrected chi connectivity index (χ1v) is 6.37. The topological polar surface area (TPSA) is 44.8 Å². The van der Waals surface area contributed by atoms with Crippen molar-refractivity contribution in [3.63, 3.8) is 0 Å². The van der Waals surface area contributed by atoms with Crippen molar-refractivity contribution in [1.82, 2.24) is 0 Å². The number of carbonyl (C=O) groups excluding carboxylic acids is 1. The number of methoxy groups -OCH3 is 2. The van der Waals surface area contributed by atoms with Crippen molar-refractivity contribution in [3.8, 4) is 11.5 Å². The molecule has 0 spiro atoms. The average Bonchev–Trinajstić information content (AvgIpc) is 2.28. The molecule has 0 saturated heterocycles. The molecule has 1 rings (SSSR count). The first-order valence-electron chi connectivity index (χ1n) is 5.57. The lowest BCUT2D eigenvalue weighted by atomic mass is 10.1. The van der Waals surface area contributed by atoms with Gasteiger partial charge in [-0.1, -0.05) is 0 Å². The maximum atomic E-state index is 11.6. The van der Waals surface area contributed by atoms with Crippen LogP contribution >= 0.6 is 15.9 Å². The van der Waals surface area contributed by atoms with Crippen LogP contribution in [0.1, 0.15) is 19.4 Å². The quantitative estimate of drug-likeness (QED) is 0.783. The van der Waals surface area contributed by atoms with E-state index in [1.165, 1.54) is 0 Å². The van der Waals surface area contributed by atoms with Gasteiger partial charge in [-0.25, -0.2) is 0 Å². The Bertz CT molecular complexity index is 429. The van der Waals surface area contributed by atoms with Crippen LogP contribution < -0.4 is 9.47 Å². The summed E-state index contributed by atoms with van der Waals surface area (Å²) in [6, 6.07) is 3.54. The van der Waals surface area contributed by atoms with Crippen LogP contribution in [-0.2, 0) is 16.0 Å². The zero-order chi connectivity index (χ0) is 13.7. The predicted molar refractivity (Wildman–Crippen MR) is 72.2 cm³/mol. The maximum absolute atomic E-state index is 11.6. The Labute approximate surface area is 115 Å². The molecule has 0 atom stereocenters. The molecular weight excluding hydrogens is 300 g/mol. The van der Waals surface area contributed by atoms with Crippen molar-refractivity contribution in [1.29, 1.82) is 0 Å². The van der Waals surface area contributed by atoms with Crippen molar-refractivity contribution >= 4 is 21.9 Å². The molecule has 0 fully saturated rings. The van der Waals surface area contributed by atoms with Crippen molar-refractivity contribution < 1.29 is 19.0 Å². The van der Waals surface area contributed by atoms with Crippen LogP contribution in [0.4, 0.5) is 0 Å². The van der Waals surface area contributed by atoms with Crippen LogP contribution in [0.25, 0.3) is 0 Å². The molecular formula is C13H17BrO4. The summed E-state index contributed by atoms with van der Waals surface area (Å²) in [6.45, 7) is 3.64. The first-order chi connectivity index (χ1) is 8.47. The molecule has 18 heavy (non-hydrogen) atoms. The molecule has 0 aliphatic heterocycles. The lowest BCUT2D eigenvalue weighted by Crippen LogP contribution is -2.14. The van der Waals surface area contributed by atoms with Crippen molar-refractivity contribution in [2.45, 2.75) is 26.4 Å². The van der Waals surface area contributed by atoms with Gasteiger partial charge in [-0.05, 0) is 35.8 Å². The highest BCUT2D eigenvalue weighted by atomic mass is 79.9. The highest BCUT2D eigenvalue weighted by Crippen LogP contribution is 2.33.